The lowest BCUT2D eigenvalue weighted by atomic mass is 10.0. The first kappa shape index (κ1) is 17.2. The number of likely N-dealkylation sites (tertiary alicyclic amines) is 1. The Labute approximate surface area is 136 Å². The quantitative estimate of drug-likeness (QED) is 0.786. The van der Waals surface area contributed by atoms with Gasteiger partial charge in [-0.1, -0.05) is 30.3 Å². The summed E-state index contributed by atoms with van der Waals surface area (Å²) >= 11 is 5.46. The summed E-state index contributed by atoms with van der Waals surface area (Å²) in [5, 5.41) is 3.47. The van der Waals surface area contributed by atoms with Crippen molar-refractivity contribution in [2.24, 2.45) is 5.73 Å². The van der Waals surface area contributed by atoms with Gasteiger partial charge in [-0.15, -0.1) is 0 Å². The van der Waals surface area contributed by atoms with Crippen molar-refractivity contribution in [3.05, 3.63) is 35.9 Å². The smallest absolute Gasteiger partial charge is 0.405 e. The van der Waals surface area contributed by atoms with E-state index in [4.69, 9.17) is 22.1 Å². The van der Waals surface area contributed by atoms with Gasteiger partial charge in [-0.25, -0.2) is 4.79 Å². The predicted molar refractivity (Wildman–Crippen MR) is 87.8 cm³/mol. The fraction of sp³-hybridized carbons (Fsp3) is 0.562. The first-order valence-corrected chi connectivity index (χ1v) is 8.08. The van der Waals surface area contributed by atoms with Gasteiger partial charge in [0.15, 0.2) is 6.23 Å². The van der Waals surface area contributed by atoms with E-state index < -0.39 is 11.7 Å². The van der Waals surface area contributed by atoms with E-state index in [0.29, 0.717) is 6.04 Å². The largest absolute Gasteiger partial charge is 0.430 e. The molecule has 2 rings (SSSR count). The molecule has 122 valence electrons. The van der Waals surface area contributed by atoms with Crippen molar-refractivity contribution in [2.45, 2.75) is 38.1 Å². The second-order valence-corrected chi connectivity index (χ2v) is 6.15. The van der Waals surface area contributed by atoms with Crippen molar-refractivity contribution in [3.63, 3.8) is 0 Å². The number of ether oxygens (including phenoxy) is 1. The third-order valence-electron chi connectivity index (χ3n) is 3.80. The lowest BCUT2D eigenvalue weighted by molar-refractivity contribution is -0.0217. The van der Waals surface area contributed by atoms with Crippen LogP contribution in [0, 0.1) is 0 Å². The van der Waals surface area contributed by atoms with Crippen LogP contribution >= 0.6 is 11.6 Å². The molecule has 1 aliphatic heterocycles. The molecular weight excluding hydrogens is 302 g/mol. The van der Waals surface area contributed by atoms with Crippen molar-refractivity contribution in [1.29, 1.82) is 0 Å². The molecule has 0 spiro atoms. The Morgan fingerprint density at radius 3 is 2.86 bits per heavy atom. The van der Waals surface area contributed by atoms with E-state index in [1.165, 1.54) is 0 Å². The summed E-state index contributed by atoms with van der Waals surface area (Å²) < 4.78 is 5.35. The lowest BCUT2D eigenvalue weighted by Crippen LogP contribution is -2.49. The molecule has 1 fully saturated rings. The van der Waals surface area contributed by atoms with Crippen LogP contribution < -0.4 is 11.1 Å². The summed E-state index contributed by atoms with van der Waals surface area (Å²) in [4.78, 5) is 13.4. The summed E-state index contributed by atoms with van der Waals surface area (Å²) in [6.07, 6.45) is 1.70. The molecule has 6 heteroatoms. The van der Waals surface area contributed by atoms with Crippen LogP contribution in [0.5, 0.6) is 0 Å². The van der Waals surface area contributed by atoms with Crippen molar-refractivity contribution >= 4 is 17.0 Å². The number of nitrogens with one attached hydrogen (secondary N) is 1. The highest BCUT2D eigenvalue weighted by Crippen LogP contribution is 2.26. The van der Waals surface area contributed by atoms with Gasteiger partial charge >= 0.3 is 5.43 Å². The van der Waals surface area contributed by atoms with Crippen molar-refractivity contribution < 1.29 is 9.53 Å². The zero-order valence-electron chi connectivity index (χ0n) is 12.9. The summed E-state index contributed by atoms with van der Waals surface area (Å²) in [6.45, 7) is 4.44. The van der Waals surface area contributed by atoms with Gasteiger partial charge in [0.25, 0.3) is 0 Å². The van der Waals surface area contributed by atoms with Crippen LogP contribution in [0.2, 0.25) is 0 Å². The SMILES string of the molecule is CC(N)CNC1CCCN(C(OC(=O)Cl)c2ccccc2)C1. The second-order valence-electron chi connectivity index (χ2n) is 5.84. The van der Waals surface area contributed by atoms with Crippen LogP contribution in [0.25, 0.3) is 0 Å². The third-order valence-corrected chi connectivity index (χ3v) is 3.89. The Bertz CT molecular complexity index is 470. The maximum Gasteiger partial charge on any atom is 0.405 e. The number of carbonyl (C=O) groups excluding carboxylic acids is 1. The van der Waals surface area contributed by atoms with Crippen LogP contribution in [0.3, 0.4) is 0 Å². The second kappa shape index (κ2) is 8.48. The highest BCUT2D eigenvalue weighted by molar-refractivity contribution is 6.61. The molecule has 0 radical (unpaired) electrons. The molecule has 1 aromatic rings. The highest BCUT2D eigenvalue weighted by Gasteiger charge is 2.29. The topological polar surface area (TPSA) is 67.6 Å². The predicted octanol–water partition coefficient (Wildman–Crippen LogP) is 2.46. The van der Waals surface area contributed by atoms with Gasteiger partial charge in [-0.3, -0.25) is 4.90 Å². The maximum atomic E-state index is 11.3. The highest BCUT2D eigenvalue weighted by atomic mass is 35.5. The minimum Gasteiger partial charge on any atom is -0.430 e. The van der Waals surface area contributed by atoms with Gasteiger partial charge in [-0.05, 0) is 19.8 Å². The molecule has 1 heterocycles. The first-order valence-electron chi connectivity index (χ1n) is 7.70. The Balaban J connectivity index is 2.05. The van der Waals surface area contributed by atoms with Crippen LogP contribution in [0.15, 0.2) is 30.3 Å². The molecule has 0 bridgehead atoms. The molecule has 5 nitrogen and oxygen atoms in total. The molecule has 3 unspecified atom stereocenters. The number of hydrogen-bond acceptors (Lipinski definition) is 5. The monoisotopic (exact) mass is 325 g/mol. The number of piperidine rings is 1. The Morgan fingerprint density at radius 2 is 2.23 bits per heavy atom. The van der Waals surface area contributed by atoms with E-state index in [-0.39, 0.29) is 6.04 Å². The van der Waals surface area contributed by atoms with Crippen molar-refractivity contribution in [1.82, 2.24) is 10.2 Å². The Morgan fingerprint density at radius 1 is 1.50 bits per heavy atom. The third kappa shape index (κ3) is 5.25. The summed E-state index contributed by atoms with van der Waals surface area (Å²) in [5.41, 5.74) is 5.95. The molecule has 3 atom stereocenters. The van der Waals surface area contributed by atoms with Crippen LogP contribution in [-0.4, -0.2) is 42.0 Å². The summed E-state index contributed by atoms with van der Waals surface area (Å²) in [7, 11) is 0. The zero-order chi connectivity index (χ0) is 15.9. The van der Waals surface area contributed by atoms with Crippen molar-refractivity contribution in [3.8, 4) is 0 Å². The normalized spacial score (nSPS) is 22.0. The number of benzene rings is 1. The number of halogens is 1. The van der Waals surface area contributed by atoms with Gasteiger partial charge in [0.2, 0.25) is 0 Å². The summed E-state index contributed by atoms with van der Waals surface area (Å²) in [5.74, 6) is 0. The van der Waals surface area contributed by atoms with Gasteiger partial charge < -0.3 is 15.8 Å². The zero-order valence-corrected chi connectivity index (χ0v) is 13.6. The molecule has 1 saturated heterocycles. The van der Waals surface area contributed by atoms with Gasteiger partial charge in [0.05, 0.1) is 0 Å². The fourth-order valence-electron chi connectivity index (χ4n) is 2.80. The average molecular weight is 326 g/mol. The van der Waals surface area contributed by atoms with Crippen LogP contribution in [0.4, 0.5) is 4.79 Å². The lowest BCUT2D eigenvalue weighted by Gasteiger charge is -2.38. The van der Waals surface area contributed by atoms with E-state index in [0.717, 1.165) is 38.0 Å². The molecule has 3 N–H and O–H groups in total. The van der Waals surface area contributed by atoms with E-state index in [1.807, 2.05) is 37.3 Å². The van der Waals surface area contributed by atoms with Gasteiger partial charge in [0, 0.05) is 48.9 Å². The number of nitrogens with zero attached hydrogens (tertiary/aromatic N) is 1. The van der Waals surface area contributed by atoms with Crippen LogP contribution in [0.1, 0.15) is 31.6 Å². The first-order chi connectivity index (χ1) is 10.6. The van der Waals surface area contributed by atoms with Gasteiger partial charge in [0.1, 0.15) is 0 Å². The number of hydrogen-bond donors (Lipinski definition) is 2. The number of nitrogens with two attached hydrogens (primary N) is 1. The molecule has 1 aromatic carbocycles. The number of rotatable bonds is 6. The number of carbonyl (C=O) groups is 1. The standard InChI is InChI=1S/C16H24ClN3O2/c1-12(18)10-19-14-8-5-9-20(11-14)15(22-16(17)21)13-6-3-2-4-7-13/h2-4,6-7,12,14-15,19H,5,8-11,18H2,1H3. The average Bonchev–Trinajstić information content (AvgIpc) is 2.51. The van der Waals surface area contributed by atoms with E-state index in [1.54, 1.807) is 0 Å². The molecule has 0 amide bonds. The van der Waals surface area contributed by atoms with E-state index >= 15 is 0 Å². The minimum atomic E-state index is -0.778. The molecule has 0 aliphatic carbocycles. The van der Waals surface area contributed by atoms with Crippen LogP contribution in [-0.2, 0) is 4.74 Å². The molecule has 0 saturated carbocycles. The van der Waals surface area contributed by atoms with Crippen molar-refractivity contribution in [2.75, 3.05) is 19.6 Å². The fourth-order valence-corrected chi connectivity index (χ4v) is 2.88. The Hall–Kier alpha value is -1.14. The summed E-state index contributed by atoms with van der Waals surface area (Å²) in [6, 6.07) is 10.2. The molecule has 0 aromatic heterocycles. The van der Waals surface area contributed by atoms with Gasteiger partial charge in [-0.2, -0.15) is 0 Å². The minimum absolute atomic E-state index is 0.126. The molecule has 1 aliphatic rings. The molecular formula is C16H24ClN3O2. The molecule has 22 heavy (non-hydrogen) atoms. The maximum absolute atomic E-state index is 11.3. The van der Waals surface area contributed by atoms with E-state index in [9.17, 15) is 4.79 Å². The Kier molecular flexibility index (Phi) is 6.64. The van der Waals surface area contributed by atoms with E-state index in [2.05, 4.69) is 10.2 Å².